The Morgan fingerprint density at radius 1 is 1.13 bits per heavy atom. The zero-order chi connectivity index (χ0) is 17.0. The topological polar surface area (TPSA) is 76.0 Å². The van der Waals surface area contributed by atoms with Crippen molar-refractivity contribution in [3.63, 3.8) is 0 Å². The van der Waals surface area contributed by atoms with Gasteiger partial charge in [0, 0.05) is 11.6 Å². The Bertz CT molecular complexity index is 768. The fourth-order valence-corrected chi connectivity index (χ4v) is 1.96. The molecule has 0 spiro atoms. The molecule has 2 N–H and O–H groups in total. The molecule has 23 heavy (non-hydrogen) atoms. The molecule has 0 radical (unpaired) electrons. The fourth-order valence-electron chi connectivity index (χ4n) is 1.96. The Kier molecular flexibility index (Phi) is 4.85. The van der Waals surface area contributed by atoms with Gasteiger partial charge in [-0.25, -0.2) is 4.39 Å². The molecule has 0 bridgehead atoms. The average molecular weight is 318 g/mol. The van der Waals surface area contributed by atoms with Crippen molar-refractivity contribution in [2.75, 3.05) is 14.2 Å². The number of ketones is 1. The Labute approximate surface area is 132 Å². The van der Waals surface area contributed by atoms with Crippen LogP contribution < -0.4 is 9.47 Å². The lowest BCUT2D eigenvalue weighted by Crippen LogP contribution is -1.99. The monoisotopic (exact) mass is 318 g/mol. The molecule has 0 saturated heterocycles. The van der Waals surface area contributed by atoms with Crippen LogP contribution in [0, 0.1) is 5.82 Å². The van der Waals surface area contributed by atoms with Crippen molar-refractivity contribution in [3.8, 4) is 23.0 Å². The van der Waals surface area contributed by atoms with Crippen molar-refractivity contribution in [3.05, 3.63) is 53.4 Å². The van der Waals surface area contributed by atoms with Crippen LogP contribution in [0.5, 0.6) is 23.0 Å². The van der Waals surface area contributed by atoms with E-state index < -0.39 is 23.1 Å². The summed E-state index contributed by atoms with van der Waals surface area (Å²) in [5.41, 5.74) is 0.258. The van der Waals surface area contributed by atoms with Crippen LogP contribution in [-0.4, -0.2) is 30.2 Å². The summed E-state index contributed by atoms with van der Waals surface area (Å²) in [6.07, 6.45) is 2.36. The van der Waals surface area contributed by atoms with Gasteiger partial charge in [-0.3, -0.25) is 4.79 Å². The van der Waals surface area contributed by atoms with Crippen LogP contribution in [0.15, 0.2) is 36.4 Å². The van der Waals surface area contributed by atoms with Gasteiger partial charge in [0.25, 0.3) is 0 Å². The Morgan fingerprint density at radius 2 is 1.87 bits per heavy atom. The first-order valence-electron chi connectivity index (χ1n) is 6.62. The van der Waals surface area contributed by atoms with Gasteiger partial charge in [0.2, 0.25) is 0 Å². The highest BCUT2D eigenvalue weighted by Gasteiger charge is 2.13. The molecule has 0 amide bonds. The smallest absolute Gasteiger partial charge is 0.194 e. The summed E-state index contributed by atoms with van der Waals surface area (Å²) in [7, 11) is 2.92. The number of phenolic OH excluding ortho intramolecular Hbond substituents is 2. The molecule has 0 unspecified atom stereocenters. The van der Waals surface area contributed by atoms with E-state index in [9.17, 15) is 19.4 Å². The maximum absolute atomic E-state index is 13.7. The number of halogens is 1. The Morgan fingerprint density at radius 3 is 2.52 bits per heavy atom. The molecule has 0 heterocycles. The molecule has 0 atom stereocenters. The second-order valence-electron chi connectivity index (χ2n) is 4.60. The highest BCUT2D eigenvalue weighted by molar-refractivity contribution is 6.08. The number of methoxy groups -OCH3 is 2. The SMILES string of the molecule is COc1ccc(C(=O)/C=C/c2ccc(O)c(O)c2F)c(OC)c1. The minimum absolute atomic E-state index is 0.0267. The van der Waals surface area contributed by atoms with Gasteiger partial charge in [0.05, 0.1) is 19.8 Å². The summed E-state index contributed by atoms with van der Waals surface area (Å²) in [5.74, 6) is -1.97. The lowest BCUT2D eigenvalue weighted by molar-refractivity contribution is 0.104. The largest absolute Gasteiger partial charge is 0.504 e. The van der Waals surface area contributed by atoms with Crippen LogP contribution in [0.1, 0.15) is 15.9 Å². The van der Waals surface area contributed by atoms with E-state index >= 15 is 0 Å². The molecule has 0 aromatic heterocycles. The fraction of sp³-hybridized carbons (Fsp3) is 0.118. The molecule has 0 aliphatic rings. The van der Waals surface area contributed by atoms with Crippen LogP contribution in [0.2, 0.25) is 0 Å². The number of carbonyl (C=O) groups excluding carboxylic acids is 1. The number of benzene rings is 2. The van der Waals surface area contributed by atoms with E-state index in [0.29, 0.717) is 11.5 Å². The lowest BCUT2D eigenvalue weighted by Gasteiger charge is -2.08. The number of hydrogen-bond donors (Lipinski definition) is 2. The van der Waals surface area contributed by atoms with Crippen LogP contribution >= 0.6 is 0 Å². The number of ether oxygens (including phenoxy) is 2. The molecule has 2 aromatic rings. The van der Waals surface area contributed by atoms with Gasteiger partial charge < -0.3 is 19.7 Å². The lowest BCUT2D eigenvalue weighted by atomic mass is 10.1. The van der Waals surface area contributed by atoms with E-state index in [-0.39, 0.29) is 11.1 Å². The van der Waals surface area contributed by atoms with Gasteiger partial charge in [-0.05, 0) is 36.4 Å². The van der Waals surface area contributed by atoms with E-state index in [2.05, 4.69) is 0 Å². The third kappa shape index (κ3) is 3.42. The maximum atomic E-state index is 13.7. The van der Waals surface area contributed by atoms with E-state index in [1.165, 1.54) is 32.4 Å². The zero-order valence-corrected chi connectivity index (χ0v) is 12.5. The molecule has 0 fully saturated rings. The predicted octanol–water partition coefficient (Wildman–Crippen LogP) is 3.15. The summed E-state index contributed by atoms with van der Waals surface area (Å²) in [6.45, 7) is 0. The third-order valence-corrected chi connectivity index (χ3v) is 3.21. The molecule has 5 nitrogen and oxygen atoms in total. The number of allylic oxidation sites excluding steroid dienone is 1. The molecule has 6 heteroatoms. The zero-order valence-electron chi connectivity index (χ0n) is 12.5. The molecule has 120 valence electrons. The average Bonchev–Trinajstić information content (AvgIpc) is 2.58. The predicted molar refractivity (Wildman–Crippen MR) is 82.6 cm³/mol. The summed E-state index contributed by atoms with van der Waals surface area (Å²) in [6, 6.07) is 7.09. The second kappa shape index (κ2) is 6.83. The highest BCUT2D eigenvalue weighted by Crippen LogP contribution is 2.30. The van der Waals surface area contributed by atoms with Gasteiger partial charge in [-0.1, -0.05) is 0 Å². The van der Waals surface area contributed by atoms with Crippen molar-refractivity contribution < 1.29 is 28.9 Å². The van der Waals surface area contributed by atoms with Gasteiger partial charge >= 0.3 is 0 Å². The molecular formula is C17H15FO5. The van der Waals surface area contributed by atoms with Crippen molar-refractivity contribution in [2.45, 2.75) is 0 Å². The normalized spacial score (nSPS) is 10.7. The van der Waals surface area contributed by atoms with Gasteiger partial charge in [-0.2, -0.15) is 0 Å². The van der Waals surface area contributed by atoms with Crippen LogP contribution in [0.25, 0.3) is 6.08 Å². The van der Waals surface area contributed by atoms with Crippen molar-refractivity contribution in [1.82, 2.24) is 0 Å². The summed E-state index contributed by atoms with van der Waals surface area (Å²) in [4.78, 5) is 12.2. The number of aromatic hydroxyl groups is 2. The molecule has 0 aliphatic carbocycles. The Hall–Kier alpha value is -3.02. The van der Waals surface area contributed by atoms with Crippen LogP contribution in [-0.2, 0) is 0 Å². The van der Waals surface area contributed by atoms with E-state index in [0.717, 1.165) is 12.1 Å². The van der Waals surface area contributed by atoms with Gasteiger partial charge in [0.1, 0.15) is 11.5 Å². The van der Waals surface area contributed by atoms with Gasteiger partial charge in [-0.15, -0.1) is 0 Å². The molecule has 0 aliphatic heterocycles. The number of hydrogen-bond acceptors (Lipinski definition) is 5. The van der Waals surface area contributed by atoms with Crippen molar-refractivity contribution in [2.24, 2.45) is 0 Å². The van der Waals surface area contributed by atoms with Crippen LogP contribution in [0.3, 0.4) is 0 Å². The summed E-state index contributed by atoms with van der Waals surface area (Å²) >= 11 is 0. The number of carbonyl (C=O) groups is 1. The summed E-state index contributed by atoms with van der Waals surface area (Å²) in [5, 5.41) is 18.5. The third-order valence-electron chi connectivity index (χ3n) is 3.21. The minimum Gasteiger partial charge on any atom is -0.504 e. The first-order valence-corrected chi connectivity index (χ1v) is 6.62. The van der Waals surface area contributed by atoms with Crippen LogP contribution in [0.4, 0.5) is 4.39 Å². The highest BCUT2D eigenvalue weighted by atomic mass is 19.1. The van der Waals surface area contributed by atoms with E-state index in [4.69, 9.17) is 9.47 Å². The number of phenols is 2. The maximum Gasteiger partial charge on any atom is 0.194 e. The van der Waals surface area contributed by atoms with Crippen molar-refractivity contribution >= 4 is 11.9 Å². The van der Waals surface area contributed by atoms with Gasteiger partial charge in [0.15, 0.2) is 23.1 Å². The summed E-state index contributed by atoms with van der Waals surface area (Å²) < 4.78 is 23.9. The quantitative estimate of drug-likeness (QED) is 0.503. The first-order chi connectivity index (χ1) is 11.0. The molecule has 0 saturated carbocycles. The molecule has 2 aromatic carbocycles. The minimum atomic E-state index is -1.00. The second-order valence-corrected chi connectivity index (χ2v) is 4.60. The molecule has 2 rings (SSSR count). The van der Waals surface area contributed by atoms with E-state index in [1.54, 1.807) is 12.1 Å². The first kappa shape index (κ1) is 16.4. The standard InChI is InChI=1S/C17H15FO5/c1-22-11-5-6-12(15(9-11)23-2)13(19)7-3-10-4-8-14(20)17(21)16(10)18/h3-9,20-21H,1-2H3/b7-3+. The Balaban J connectivity index is 2.30. The molecular weight excluding hydrogens is 303 g/mol. The number of rotatable bonds is 5. The van der Waals surface area contributed by atoms with E-state index in [1.807, 2.05) is 0 Å². The van der Waals surface area contributed by atoms with Crippen molar-refractivity contribution in [1.29, 1.82) is 0 Å².